The lowest BCUT2D eigenvalue weighted by Gasteiger charge is -2.30. The molecule has 2 rings (SSSR count). The molecule has 18 heavy (non-hydrogen) atoms. The Morgan fingerprint density at radius 1 is 1.39 bits per heavy atom. The summed E-state index contributed by atoms with van der Waals surface area (Å²) in [6.45, 7) is 1.13. The quantitative estimate of drug-likeness (QED) is 0.915. The molecule has 0 unspecified atom stereocenters. The minimum atomic E-state index is -0.780. The van der Waals surface area contributed by atoms with Crippen LogP contribution in [-0.2, 0) is 4.79 Å². The standard InChI is InChI=1S/C12H14ClNO4/c13-10-2-1-9(18-10)12(17)14-5-3-8(4-6-14)7-11(15)16/h1-2,8H,3-7H2,(H,15,16). The summed E-state index contributed by atoms with van der Waals surface area (Å²) in [5.74, 6) is -0.573. The van der Waals surface area contributed by atoms with Gasteiger partial charge in [0.2, 0.25) is 0 Å². The van der Waals surface area contributed by atoms with E-state index in [1.807, 2.05) is 0 Å². The Kier molecular flexibility index (Phi) is 3.91. The molecule has 1 aliphatic heterocycles. The van der Waals surface area contributed by atoms with Gasteiger partial charge in [-0.15, -0.1) is 0 Å². The lowest BCUT2D eigenvalue weighted by molar-refractivity contribution is -0.138. The van der Waals surface area contributed by atoms with Crippen molar-refractivity contribution in [1.29, 1.82) is 0 Å². The van der Waals surface area contributed by atoms with Gasteiger partial charge >= 0.3 is 5.97 Å². The van der Waals surface area contributed by atoms with Gasteiger partial charge in [0.05, 0.1) is 0 Å². The molecule has 1 aliphatic rings. The zero-order valence-electron chi connectivity index (χ0n) is 9.76. The first-order chi connectivity index (χ1) is 8.56. The topological polar surface area (TPSA) is 70.8 Å². The van der Waals surface area contributed by atoms with E-state index in [2.05, 4.69) is 0 Å². The number of halogens is 1. The van der Waals surface area contributed by atoms with E-state index in [0.717, 1.165) is 0 Å². The number of rotatable bonds is 3. The summed E-state index contributed by atoms with van der Waals surface area (Å²) >= 11 is 5.62. The van der Waals surface area contributed by atoms with E-state index in [4.69, 9.17) is 21.1 Å². The van der Waals surface area contributed by atoms with Crippen molar-refractivity contribution in [3.05, 3.63) is 23.1 Å². The van der Waals surface area contributed by atoms with E-state index in [1.54, 1.807) is 11.0 Å². The summed E-state index contributed by atoms with van der Waals surface area (Å²) in [5.41, 5.74) is 0. The second kappa shape index (κ2) is 5.44. The van der Waals surface area contributed by atoms with Gasteiger partial charge < -0.3 is 14.4 Å². The van der Waals surface area contributed by atoms with Crippen LogP contribution in [0.1, 0.15) is 29.8 Å². The molecule has 0 spiro atoms. The van der Waals surface area contributed by atoms with E-state index in [9.17, 15) is 9.59 Å². The number of hydrogen-bond donors (Lipinski definition) is 1. The number of carbonyl (C=O) groups excluding carboxylic acids is 1. The predicted molar refractivity (Wildman–Crippen MR) is 64.6 cm³/mol. The highest BCUT2D eigenvalue weighted by atomic mass is 35.5. The van der Waals surface area contributed by atoms with Crippen molar-refractivity contribution in [3.8, 4) is 0 Å². The summed E-state index contributed by atoms with van der Waals surface area (Å²) in [7, 11) is 0. The third-order valence-corrected chi connectivity index (χ3v) is 3.35. The van der Waals surface area contributed by atoms with E-state index < -0.39 is 5.97 Å². The predicted octanol–water partition coefficient (Wildman–Crippen LogP) is 2.26. The van der Waals surface area contributed by atoms with Gasteiger partial charge in [0, 0.05) is 19.5 Å². The van der Waals surface area contributed by atoms with E-state index in [0.29, 0.717) is 25.9 Å². The summed E-state index contributed by atoms with van der Waals surface area (Å²) in [6, 6.07) is 3.08. The summed E-state index contributed by atoms with van der Waals surface area (Å²) in [5, 5.41) is 8.90. The van der Waals surface area contributed by atoms with Gasteiger partial charge in [-0.05, 0) is 42.5 Å². The number of likely N-dealkylation sites (tertiary alicyclic amines) is 1. The molecule has 6 heteroatoms. The molecule has 0 bridgehead atoms. The maximum Gasteiger partial charge on any atom is 0.303 e. The third-order valence-electron chi connectivity index (χ3n) is 3.15. The van der Waals surface area contributed by atoms with Crippen molar-refractivity contribution in [2.45, 2.75) is 19.3 Å². The van der Waals surface area contributed by atoms with Crippen molar-refractivity contribution >= 4 is 23.5 Å². The Balaban J connectivity index is 1.90. The van der Waals surface area contributed by atoms with Crippen LogP contribution >= 0.6 is 11.6 Å². The smallest absolute Gasteiger partial charge is 0.303 e. The minimum Gasteiger partial charge on any atom is -0.481 e. The first kappa shape index (κ1) is 13.0. The van der Waals surface area contributed by atoms with E-state index in [-0.39, 0.29) is 29.2 Å². The first-order valence-corrected chi connectivity index (χ1v) is 6.20. The Bertz CT molecular complexity index is 449. The lowest BCUT2D eigenvalue weighted by atomic mass is 9.93. The van der Waals surface area contributed by atoms with E-state index in [1.165, 1.54) is 6.07 Å². The van der Waals surface area contributed by atoms with Gasteiger partial charge in [0.15, 0.2) is 11.0 Å². The molecule has 1 amide bonds. The van der Waals surface area contributed by atoms with Gasteiger partial charge in [-0.3, -0.25) is 9.59 Å². The van der Waals surface area contributed by atoms with Crippen molar-refractivity contribution < 1.29 is 19.1 Å². The molecule has 0 radical (unpaired) electrons. The van der Waals surface area contributed by atoms with Crippen LogP contribution in [0.15, 0.2) is 16.5 Å². The highest BCUT2D eigenvalue weighted by Gasteiger charge is 2.26. The largest absolute Gasteiger partial charge is 0.481 e. The third kappa shape index (κ3) is 3.04. The van der Waals surface area contributed by atoms with Crippen LogP contribution in [-0.4, -0.2) is 35.0 Å². The monoisotopic (exact) mass is 271 g/mol. The Labute approximate surface area is 109 Å². The molecule has 98 valence electrons. The Morgan fingerprint density at radius 3 is 2.56 bits per heavy atom. The lowest BCUT2D eigenvalue weighted by Crippen LogP contribution is -2.38. The normalized spacial score (nSPS) is 16.8. The molecule has 1 fully saturated rings. The highest BCUT2D eigenvalue weighted by molar-refractivity contribution is 6.29. The van der Waals surface area contributed by atoms with Gasteiger partial charge in [-0.2, -0.15) is 0 Å². The fraction of sp³-hybridized carbons (Fsp3) is 0.500. The average Bonchev–Trinajstić information content (AvgIpc) is 2.75. The molecular weight excluding hydrogens is 258 g/mol. The molecular formula is C12H14ClNO4. The molecule has 1 aromatic heterocycles. The molecule has 1 N–H and O–H groups in total. The molecule has 0 aliphatic carbocycles. The zero-order valence-corrected chi connectivity index (χ0v) is 10.5. The molecule has 0 aromatic carbocycles. The fourth-order valence-corrected chi connectivity index (χ4v) is 2.32. The van der Waals surface area contributed by atoms with Crippen LogP contribution < -0.4 is 0 Å². The SMILES string of the molecule is O=C(O)CC1CCN(C(=O)c2ccc(Cl)o2)CC1. The zero-order chi connectivity index (χ0) is 13.1. The van der Waals surface area contributed by atoms with Crippen LogP contribution in [0.4, 0.5) is 0 Å². The maximum absolute atomic E-state index is 12.0. The number of aliphatic carboxylic acids is 1. The maximum atomic E-state index is 12.0. The molecule has 0 atom stereocenters. The highest BCUT2D eigenvalue weighted by Crippen LogP contribution is 2.23. The molecule has 1 saturated heterocycles. The Morgan fingerprint density at radius 2 is 2.06 bits per heavy atom. The second-order valence-corrected chi connectivity index (χ2v) is 4.81. The van der Waals surface area contributed by atoms with Crippen molar-refractivity contribution in [2.75, 3.05) is 13.1 Å². The number of hydrogen-bond acceptors (Lipinski definition) is 3. The van der Waals surface area contributed by atoms with Crippen LogP contribution in [0.2, 0.25) is 5.22 Å². The van der Waals surface area contributed by atoms with Crippen LogP contribution in [0, 0.1) is 5.92 Å². The van der Waals surface area contributed by atoms with Crippen LogP contribution in [0.25, 0.3) is 0 Å². The number of amides is 1. The van der Waals surface area contributed by atoms with Crippen molar-refractivity contribution in [1.82, 2.24) is 4.90 Å². The number of nitrogens with zero attached hydrogens (tertiary/aromatic N) is 1. The average molecular weight is 272 g/mol. The number of furan rings is 1. The molecule has 5 nitrogen and oxygen atoms in total. The van der Waals surface area contributed by atoms with Crippen LogP contribution in [0.3, 0.4) is 0 Å². The Hall–Kier alpha value is -1.49. The van der Waals surface area contributed by atoms with Crippen LogP contribution in [0.5, 0.6) is 0 Å². The summed E-state index contributed by atoms with van der Waals surface area (Å²) in [4.78, 5) is 24.3. The van der Waals surface area contributed by atoms with Gasteiger partial charge in [-0.25, -0.2) is 0 Å². The molecule has 2 heterocycles. The second-order valence-electron chi connectivity index (χ2n) is 4.44. The molecule has 0 saturated carbocycles. The van der Waals surface area contributed by atoms with Crippen molar-refractivity contribution in [3.63, 3.8) is 0 Å². The van der Waals surface area contributed by atoms with Gasteiger partial charge in [0.1, 0.15) is 0 Å². The van der Waals surface area contributed by atoms with E-state index >= 15 is 0 Å². The molecule has 1 aromatic rings. The summed E-state index contributed by atoms with van der Waals surface area (Å²) < 4.78 is 5.07. The minimum absolute atomic E-state index is 0.159. The van der Waals surface area contributed by atoms with Crippen molar-refractivity contribution in [2.24, 2.45) is 5.92 Å². The first-order valence-electron chi connectivity index (χ1n) is 5.82. The van der Waals surface area contributed by atoms with Gasteiger partial charge in [-0.1, -0.05) is 0 Å². The number of carbonyl (C=O) groups is 2. The number of carboxylic acids is 1. The number of piperidine rings is 1. The summed E-state index contributed by atoms with van der Waals surface area (Å²) in [6.07, 6.45) is 1.60. The number of carboxylic acid groups (broad SMARTS) is 1. The fourth-order valence-electron chi connectivity index (χ4n) is 2.17. The van der Waals surface area contributed by atoms with Gasteiger partial charge in [0.25, 0.3) is 5.91 Å².